The zero-order chi connectivity index (χ0) is 44.6. The highest BCUT2D eigenvalue weighted by atomic mass is 31.2. The summed E-state index contributed by atoms with van der Waals surface area (Å²) in [5.74, 6) is -0.187. The van der Waals surface area contributed by atoms with Crippen molar-refractivity contribution in [3.05, 3.63) is 12.2 Å². The highest BCUT2D eigenvalue weighted by Gasteiger charge is 2.26. The number of aliphatic hydroxyl groups excluding tert-OH is 1. The van der Waals surface area contributed by atoms with Gasteiger partial charge in [-0.1, -0.05) is 270 Å². The SMILES string of the molecule is CCCCCCCCCCCCCCCCCCCCC/C=C/C(O)C(COP(=O)(O)OCCN)NC(=O)CCCCCCCCCCCCCCCCCCCCCCC. The molecule has 0 spiro atoms. The normalized spacial score (nSPS) is 13.9. The van der Waals surface area contributed by atoms with Crippen LogP contribution in [0.5, 0.6) is 0 Å². The molecule has 9 heteroatoms. The predicted molar refractivity (Wildman–Crippen MR) is 263 cm³/mol. The molecule has 0 fully saturated rings. The lowest BCUT2D eigenvalue weighted by atomic mass is 10.0. The molecule has 0 bridgehead atoms. The Kier molecular flexibility index (Phi) is 48.1. The van der Waals surface area contributed by atoms with Gasteiger partial charge in [0.2, 0.25) is 5.91 Å². The van der Waals surface area contributed by atoms with Gasteiger partial charge in [0.1, 0.15) is 0 Å². The zero-order valence-corrected chi connectivity index (χ0v) is 41.6. The lowest BCUT2D eigenvalue weighted by Crippen LogP contribution is -2.45. The minimum Gasteiger partial charge on any atom is -0.387 e. The number of aliphatic hydroxyl groups is 1. The van der Waals surface area contributed by atoms with E-state index in [2.05, 4.69) is 19.2 Å². The van der Waals surface area contributed by atoms with E-state index < -0.39 is 20.0 Å². The Morgan fingerprint density at radius 1 is 0.525 bits per heavy atom. The maximum absolute atomic E-state index is 12.8. The first kappa shape index (κ1) is 60.2. The number of nitrogens with two attached hydrogens (primary N) is 1. The van der Waals surface area contributed by atoms with Gasteiger partial charge in [0.15, 0.2) is 0 Å². The monoisotopic (exact) mass is 885 g/mol. The fraction of sp³-hybridized carbons (Fsp3) is 0.942. The molecule has 3 unspecified atom stereocenters. The standard InChI is InChI=1S/C52H105N2O6P/c1-3-5-7-9-11-13-15-17-19-21-23-25-27-29-31-33-35-37-39-41-43-45-51(55)50(49-60-61(57,58)59-48-47-53)54-52(56)46-44-42-40-38-36-34-32-30-28-26-24-22-20-18-16-14-12-10-8-6-4-2/h43,45,50-51,55H,3-42,44,46-49,53H2,1-2H3,(H,54,56)(H,57,58)/b45-43+. The van der Waals surface area contributed by atoms with E-state index in [1.165, 1.54) is 225 Å². The van der Waals surface area contributed by atoms with Crippen LogP contribution in [0, 0.1) is 0 Å². The molecule has 0 heterocycles. The van der Waals surface area contributed by atoms with E-state index in [0.29, 0.717) is 6.42 Å². The number of hydrogen-bond donors (Lipinski definition) is 4. The maximum Gasteiger partial charge on any atom is 0.472 e. The van der Waals surface area contributed by atoms with E-state index in [4.69, 9.17) is 14.8 Å². The lowest BCUT2D eigenvalue weighted by molar-refractivity contribution is -0.123. The Morgan fingerprint density at radius 3 is 1.16 bits per heavy atom. The summed E-state index contributed by atoms with van der Waals surface area (Å²) in [5.41, 5.74) is 5.40. The van der Waals surface area contributed by atoms with E-state index in [1.807, 2.05) is 6.08 Å². The van der Waals surface area contributed by atoms with Gasteiger partial charge in [0.25, 0.3) is 0 Å². The number of hydrogen-bond acceptors (Lipinski definition) is 6. The van der Waals surface area contributed by atoms with Crippen molar-refractivity contribution in [2.45, 2.75) is 296 Å². The van der Waals surface area contributed by atoms with Crippen LogP contribution in [0.3, 0.4) is 0 Å². The molecular formula is C52H105N2O6P. The van der Waals surface area contributed by atoms with Gasteiger partial charge in [-0.25, -0.2) is 4.57 Å². The fourth-order valence-electron chi connectivity index (χ4n) is 8.31. The number of amides is 1. The molecule has 0 saturated heterocycles. The van der Waals surface area contributed by atoms with Gasteiger partial charge >= 0.3 is 7.82 Å². The number of nitrogens with one attached hydrogen (secondary N) is 1. The van der Waals surface area contributed by atoms with E-state index in [0.717, 1.165) is 38.5 Å². The molecule has 0 saturated carbocycles. The van der Waals surface area contributed by atoms with Gasteiger partial charge < -0.3 is 21.1 Å². The molecule has 0 aromatic rings. The van der Waals surface area contributed by atoms with Crippen molar-refractivity contribution < 1.29 is 28.4 Å². The van der Waals surface area contributed by atoms with Gasteiger partial charge in [0.05, 0.1) is 25.4 Å². The summed E-state index contributed by atoms with van der Waals surface area (Å²) < 4.78 is 22.2. The number of allylic oxidation sites excluding steroid dienone is 1. The summed E-state index contributed by atoms with van der Waals surface area (Å²) >= 11 is 0. The van der Waals surface area contributed by atoms with Crippen LogP contribution in [-0.2, 0) is 18.4 Å². The molecule has 3 atom stereocenters. The molecule has 0 radical (unpaired) electrons. The maximum atomic E-state index is 12.8. The predicted octanol–water partition coefficient (Wildman–Crippen LogP) is 15.9. The molecule has 0 rings (SSSR count). The number of unbranched alkanes of at least 4 members (excludes halogenated alkanes) is 39. The Morgan fingerprint density at radius 2 is 0.836 bits per heavy atom. The molecule has 61 heavy (non-hydrogen) atoms. The van der Waals surface area contributed by atoms with Crippen LogP contribution in [0.15, 0.2) is 12.2 Å². The Hall–Kier alpha value is -0.760. The molecule has 364 valence electrons. The smallest absolute Gasteiger partial charge is 0.387 e. The Labute approximate surface area is 379 Å². The topological polar surface area (TPSA) is 131 Å². The third-order valence-corrected chi connectivity index (χ3v) is 13.3. The molecule has 0 aliphatic carbocycles. The summed E-state index contributed by atoms with van der Waals surface area (Å²) in [7, 11) is -4.34. The summed E-state index contributed by atoms with van der Waals surface area (Å²) in [5, 5.41) is 13.8. The first-order valence-electron chi connectivity index (χ1n) is 26.8. The van der Waals surface area contributed by atoms with E-state index in [9.17, 15) is 19.4 Å². The second-order valence-electron chi connectivity index (χ2n) is 18.5. The second kappa shape index (κ2) is 48.7. The van der Waals surface area contributed by atoms with Crippen molar-refractivity contribution in [1.82, 2.24) is 5.32 Å². The third kappa shape index (κ3) is 47.0. The molecular weight excluding hydrogens is 780 g/mol. The number of phosphoric ester groups is 1. The van der Waals surface area contributed by atoms with Gasteiger partial charge in [-0.15, -0.1) is 0 Å². The number of carbonyl (C=O) groups excluding carboxylic acids is 1. The molecule has 0 aromatic heterocycles. The highest BCUT2D eigenvalue weighted by Crippen LogP contribution is 2.43. The minimum atomic E-state index is -4.34. The van der Waals surface area contributed by atoms with Crippen LogP contribution in [0.2, 0.25) is 0 Å². The summed E-state index contributed by atoms with van der Waals surface area (Å²) in [6.07, 6.45) is 57.1. The van der Waals surface area contributed by atoms with Crippen LogP contribution in [-0.4, -0.2) is 47.8 Å². The van der Waals surface area contributed by atoms with Crippen molar-refractivity contribution in [2.24, 2.45) is 5.73 Å². The van der Waals surface area contributed by atoms with Gasteiger partial charge in [-0.2, -0.15) is 0 Å². The van der Waals surface area contributed by atoms with Crippen LogP contribution >= 0.6 is 7.82 Å². The van der Waals surface area contributed by atoms with Crippen molar-refractivity contribution in [3.63, 3.8) is 0 Å². The van der Waals surface area contributed by atoms with Crippen molar-refractivity contribution in [1.29, 1.82) is 0 Å². The van der Waals surface area contributed by atoms with Crippen molar-refractivity contribution in [2.75, 3.05) is 19.8 Å². The largest absolute Gasteiger partial charge is 0.472 e. The fourth-order valence-corrected chi connectivity index (χ4v) is 9.07. The van der Waals surface area contributed by atoms with Crippen LogP contribution in [0.25, 0.3) is 0 Å². The average molecular weight is 885 g/mol. The summed E-state index contributed by atoms with van der Waals surface area (Å²) in [4.78, 5) is 22.8. The quantitative estimate of drug-likeness (QED) is 0.0272. The van der Waals surface area contributed by atoms with Crippen LogP contribution in [0.1, 0.15) is 284 Å². The van der Waals surface area contributed by atoms with Gasteiger partial charge in [0, 0.05) is 13.0 Å². The first-order chi connectivity index (χ1) is 29.9. The highest BCUT2D eigenvalue weighted by molar-refractivity contribution is 7.47. The zero-order valence-electron chi connectivity index (χ0n) is 40.7. The third-order valence-electron chi connectivity index (χ3n) is 12.4. The van der Waals surface area contributed by atoms with Crippen LogP contribution in [0.4, 0.5) is 0 Å². The minimum absolute atomic E-state index is 0.0818. The summed E-state index contributed by atoms with van der Waals surface area (Å²) in [6, 6.07) is -0.856. The molecule has 0 aliphatic heterocycles. The summed E-state index contributed by atoms with van der Waals surface area (Å²) in [6.45, 7) is 4.19. The number of phosphoric acid groups is 1. The van der Waals surface area contributed by atoms with E-state index >= 15 is 0 Å². The molecule has 5 N–H and O–H groups in total. The Bertz CT molecular complexity index is 968. The lowest BCUT2D eigenvalue weighted by Gasteiger charge is -2.23. The van der Waals surface area contributed by atoms with Gasteiger partial charge in [-0.05, 0) is 19.3 Å². The molecule has 8 nitrogen and oxygen atoms in total. The average Bonchev–Trinajstić information content (AvgIpc) is 3.25. The molecule has 1 amide bonds. The number of carbonyl (C=O) groups is 1. The number of rotatable bonds is 51. The molecule has 0 aliphatic rings. The molecule has 0 aromatic carbocycles. The van der Waals surface area contributed by atoms with E-state index in [1.54, 1.807) is 6.08 Å². The second-order valence-corrected chi connectivity index (χ2v) is 19.9. The Balaban J connectivity index is 4.03. The van der Waals surface area contributed by atoms with Crippen molar-refractivity contribution >= 4 is 13.7 Å². The first-order valence-corrected chi connectivity index (χ1v) is 28.3. The van der Waals surface area contributed by atoms with E-state index in [-0.39, 0.29) is 25.7 Å². The van der Waals surface area contributed by atoms with Crippen LogP contribution < -0.4 is 11.1 Å². The van der Waals surface area contributed by atoms with Gasteiger partial charge in [-0.3, -0.25) is 13.8 Å². The van der Waals surface area contributed by atoms with Crippen molar-refractivity contribution in [3.8, 4) is 0 Å².